The van der Waals surface area contributed by atoms with Crippen molar-refractivity contribution < 1.29 is 22.7 Å². The summed E-state index contributed by atoms with van der Waals surface area (Å²) in [6, 6.07) is 0.986. The highest BCUT2D eigenvalue weighted by atomic mass is 32.2. The molecule has 1 aliphatic rings. The number of furan rings is 1. The number of carboxylic acid groups (broad SMARTS) is 1. The molecule has 21 heavy (non-hydrogen) atoms. The maximum atomic E-state index is 12.5. The lowest BCUT2D eigenvalue weighted by Crippen LogP contribution is -2.41. The Balaban J connectivity index is 2.23. The average molecular weight is 315 g/mol. The summed E-state index contributed by atoms with van der Waals surface area (Å²) >= 11 is 0. The fourth-order valence-corrected chi connectivity index (χ4v) is 4.47. The van der Waals surface area contributed by atoms with Crippen LogP contribution < -0.4 is 4.72 Å². The molecule has 2 unspecified atom stereocenters. The van der Waals surface area contributed by atoms with Gasteiger partial charge in [-0.05, 0) is 25.7 Å². The SMILES string of the molecule is CCC1CCCCC1NS(=O)(=O)c1cc(C(=O)O)oc1C. The van der Waals surface area contributed by atoms with Crippen LogP contribution in [0.4, 0.5) is 0 Å². The van der Waals surface area contributed by atoms with E-state index in [9.17, 15) is 13.2 Å². The minimum atomic E-state index is -3.75. The summed E-state index contributed by atoms with van der Waals surface area (Å²) in [5.41, 5.74) is 0. The Labute approximate surface area is 124 Å². The van der Waals surface area contributed by atoms with Crippen molar-refractivity contribution in [3.63, 3.8) is 0 Å². The number of sulfonamides is 1. The van der Waals surface area contributed by atoms with Crippen LogP contribution in [-0.2, 0) is 10.0 Å². The van der Waals surface area contributed by atoms with E-state index in [1.165, 1.54) is 6.92 Å². The Kier molecular flexibility index (Phi) is 4.73. The van der Waals surface area contributed by atoms with Crippen molar-refractivity contribution in [1.29, 1.82) is 0 Å². The van der Waals surface area contributed by atoms with Crippen molar-refractivity contribution in [2.24, 2.45) is 5.92 Å². The van der Waals surface area contributed by atoms with Crippen molar-refractivity contribution in [3.05, 3.63) is 17.6 Å². The van der Waals surface area contributed by atoms with Gasteiger partial charge in [-0.3, -0.25) is 0 Å². The number of aromatic carboxylic acids is 1. The van der Waals surface area contributed by atoms with E-state index in [0.717, 1.165) is 38.2 Å². The molecule has 7 heteroatoms. The molecule has 2 rings (SSSR count). The summed E-state index contributed by atoms with van der Waals surface area (Å²) in [5, 5.41) is 8.88. The van der Waals surface area contributed by atoms with E-state index < -0.39 is 16.0 Å². The van der Waals surface area contributed by atoms with E-state index in [1.54, 1.807) is 0 Å². The zero-order valence-corrected chi connectivity index (χ0v) is 13.1. The van der Waals surface area contributed by atoms with Gasteiger partial charge in [-0.1, -0.05) is 26.2 Å². The Hall–Kier alpha value is -1.34. The van der Waals surface area contributed by atoms with Crippen molar-refractivity contribution in [3.8, 4) is 0 Å². The van der Waals surface area contributed by atoms with E-state index in [2.05, 4.69) is 11.6 Å². The molecular weight excluding hydrogens is 294 g/mol. The lowest BCUT2D eigenvalue weighted by molar-refractivity contribution is 0.0661. The summed E-state index contributed by atoms with van der Waals surface area (Å²) < 4.78 is 32.6. The summed E-state index contributed by atoms with van der Waals surface area (Å²) in [6.45, 7) is 3.52. The van der Waals surface area contributed by atoms with Gasteiger partial charge in [0, 0.05) is 12.1 Å². The Morgan fingerprint density at radius 1 is 1.43 bits per heavy atom. The number of aryl methyl sites for hydroxylation is 1. The largest absolute Gasteiger partial charge is 0.475 e. The van der Waals surface area contributed by atoms with Gasteiger partial charge >= 0.3 is 5.97 Å². The van der Waals surface area contributed by atoms with Gasteiger partial charge in [-0.2, -0.15) is 0 Å². The first kappa shape index (κ1) is 16.0. The standard InChI is InChI=1S/C14H21NO5S/c1-3-10-6-4-5-7-11(10)15-21(18,19)13-8-12(14(16)17)20-9(13)2/h8,10-11,15H,3-7H2,1-2H3,(H,16,17). The Morgan fingerprint density at radius 3 is 2.67 bits per heavy atom. The number of nitrogens with one attached hydrogen (secondary N) is 1. The molecule has 0 bridgehead atoms. The van der Waals surface area contributed by atoms with Crippen LogP contribution >= 0.6 is 0 Å². The molecule has 0 aromatic carbocycles. The van der Waals surface area contributed by atoms with Crippen LogP contribution in [0, 0.1) is 12.8 Å². The third-order valence-electron chi connectivity index (χ3n) is 4.11. The molecule has 2 atom stereocenters. The molecule has 0 aliphatic heterocycles. The lowest BCUT2D eigenvalue weighted by atomic mass is 9.83. The number of carbonyl (C=O) groups is 1. The van der Waals surface area contributed by atoms with Gasteiger partial charge in [-0.15, -0.1) is 0 Å². The number of hydrogen-bond acceptors (Lipinski definition) is 4. The maximum Gasteiger partial charge on any atom is 0.371 e. The molecule has 1 aromatic rings. The van der Waals surface area contributed by atoms with E-state index in [0.29, 0.717) is 5.92 Å². The molecule has 2 N–H and O–H groups in total. The van der Waals surface area contributed by atoms with Crippen molar-refractivity contribution in [2.45, 2.75) is 56.9 Å². The quantitative estimate of drug-likeness (QED) is 0.870. The molecule has 1 aliphatic carbocycles. The van der Waals surface area contributed by atoms with Crippen LogP contribution in [0.25, 0.3) is 0 Å². The molecule has 0 saturated heterocycles. The monoisotopic (exact) mass is 315 g/mol. The second-order valence-electron chi connectivity index (χ2n) is 5.52. The summed E-state index contributed by atoms with van der Waals surface area (Å²) in [6.07, 6.45) is 4.91. The fraction of sp³-hybridized carbons (Fsp3) is 0.643. The van der Waals surface area contributed by atoms with Gasteiger partial charge in [0.25, 0.3) is 0 Å². The minimum absolute atomic E-state index is 0.0830. The smallest absolute Gasteiger partial charge is 0.371 e. The molecule has 0 amide bonds. The van der Waals surface area contributed by atoms with Crippen molar-refractivity contribution in [1.82, 2.24) is 4.72 Å². The first-order valence-corrected chi connectivity index (χ1v) is 8.69. The third-order valence-corrected chi connectivity index (χ3v) is 5.71. The highest BCUT2D eigenvalue weighted by molar-refractivity contribution is 7.89. The number of hydrogen-bond donors (Lipinski definition) is 2. The summed E-state index contributed by atoms with van der Waals surface area (Å²) in [5.74, 6) is -1.20. The first-order valence-electron chi connectivity index (χ1n) is 7.21. The van der Waals surface area contributed by atoms with Gasteiger partial charge in [-0.25, -0.2) is 17.9 Å². The molecular formula is C14H21NO5S. The Bertz CT molecular complexity index is 619. The second kappa shape index (κ2) is 6.19. The van der Waals surface area contributed by atoms with Gasteiger partial charge < -0.3 is 9.52 Å². The summed E-state index contributed by atoms with van der Waals surface area (Å²) in [7, 11) is -3.75. The fourth-order valence-electron chi connectivity index (χ4n) is 2.95. The van der Waals surface area contributed by atoms with Crippen LogP contribution in [-0.4, -0.2) is 25.5 Å². The number of rotatable bonds is 5. The van der Waals surface area contributed by atoms with Gasteiger partial charge in [0.1, 0.15) is 10.7 Å². The highest BCUT2D eigenvalue weighted by Gasteiger charge is 2.31. The lowest BCUT2D eigenvalue weighted by Gasteiger charge is -2.31. The molecule has 1 aromatic heterocycles. The zero-order chi connectivity index (χ0) is 15.6. The van der Waals surface area contributed by atoms with E-state index in [4.69, 9.17) is 9.52 Å². The van der Waals surface area contributed by atoms with Crippen molar-refractivity contribution in [2.75, 3.05) is 0 Å². The molecule has 6 nitrogen and oxygen atoms in total. The van der Waals surface area contributed by atoms with Crippen LogP contribution in [0.2, 0.25) is 0 Å². The van der Waals surface area contributed by atoms with Gasteiger partial charge in [0.05, 0.1) is 0 Å². The van der Waals surface area contributed by atoms with Crippen molar-refractivity contribution >= 4 is 16.0 Å². The van der Waals surface area contributed by atoms with E-state index >= 15 is 0 Å². The highest BCUT2D eigenvalue weighted by Crippen LogP contribution is 2.29. The number of carboxylic acids is 1. The predicted molar refractivity (Wildman–Crippen MR) is 76.8 cm³/mol. The minimum Gasteiger partial charge on any atom is -0.475 e. The molecule has 0 spiro atoms. The molecule has 1 heterocycles. The Morgan fingerprint density at radius 2 is 2.10 bits per heavy atom. The molecule has 0 radical (unpaired) electrons. The van der Waals surface area contributed by atoms with Gasteiger partial charge in [0.2, 0.25) is 15.8 Å². The zero-order valence-electron chi connectivity index (χ0n) is 12.3. The summed E-state index contributed by atoms with van der Waals surface area (Å²) in [4.78, 5) is 10.8. The van der Waals surface area contributed by atoms with E-state index in [1.807, 2.05) is 0 Å². The second-order valence-corrected chi connectivity index (χ2v) is 7.20. The first-order chi connectivity index (χ1) is 9.85. The van der Waals surface area contributed by atoms with Crippen LogP contribution in [0.15, 0.2) is 15.4 Å². The topological polar surface area (TPSA) is 96.6 Å². The molecule has 1 saturated carbocycles. The average Bonchev–Trinajstić information content (AvgIpc) is 2.82. The molecule has 118 valence electrons. The van der Waals surface area contributed by atoms with Crippen LogP contribution in [0.5, 0.6) is 0 Å². The van der Waals surface area contributed by atoms with Crippen LogP contribution in [0.3, 0.4) is 0 Å². The van der Waals surface area contributed by atoms with Gasteiger partial charge in [0.15, 0.2) is 0 Å². The maximum absolute atomic E-state index is 12.5. The predicted octanol–water partition coefficient (Wildman–Crippen LogP) is 2.53. The van der Waals surface area contributed by atoms with Crippen LogP contribution in [0.1, 0.15) is 55.3 Å². The third kappa shape index (κ3) is 3.47. The normalized spacial score (nSPS) is 23.1. The van der Waals surface area contributed by atoms with E-state index in [-0.39, 0.29) is 22.5 Å². The molecule has 1 fully saturated rings.